The molecule has 1 aliphatic rings. The van der Waals surface area contributed by atoms with Gasteiger partial charge in [-0.2, -0.15) is 0 Å². The molecule has 2 rings (SSSR count). The van der Waals surface area contributed by atoms with Crippen LogP contribution in [-0.2, 0) is 10.0 Å². The van der Waals surface area contributed by atoms with Gasteiger partial charge in [0.15, 0.2) is 0 Å². The van der Waals surface area contributed by atoms with Crippen molar-refractivity contribution in [3.63, 3.8) is 0 Å². The third kappa shape index (κ3) is 3.69. The van der Waals surface area contributed by atoms with Crippen molar-refractivity contribution in [2.75, 3.05) is 12.0 Å². The molecule has 116 valence electrons. The first-order chi connectivity index (χ1) is 9.94. The van der Waals surface area contributed by atoms with E-state index in [0.717, 1.165) is 25.3 Å². The van der Waals surface area contributed by atoms with Crippen molar-refractivity contribution in [3.8, 4) is 0 Å². The third-order valence-electron chi connectivity index (χ3n) is 3.70. The maximum atomic E-state index is 12.1. The molecule has 1 aliphatic carbocycles. The number of nitro benzene ring substituents is 1. The smallest absolute Gasteiger partial charge is 0.294 e. The molecule has 0 bridgehead atoms. The topological polar surface area (TPSA) is 127 Å². The minimum atomic E-state index is -3.74. The van der Waals surface area contributed by atoms with E-state index in [1.165, 1.54) is 18.6 Å². The minimum absolute atomic E-state index is 0.0634. The summed E-state index contributed by atoms with van der Waals surface area (Å²) < 4.78 is 26.7. The second kappa shape index (κ2) is 6.37. The Balaban J connectivity index is 2.11. The molecule has 0 atom stereocenters. The number of benzene rings is 1. The van der Waals surface area contributed by atoms with Crippen molar-refractivity contribution < 1.29 is 13.3 Å². The zero-order chi connectivity index (χ0) is 15.5. The van der Waals surface area contributed by atoms with Gasteiger partial charge in [0.1, 0.15) is 5.69 Å². The lowest BCUT2D eigenvalue weighted by molar-refractivity contribution is -0.384. The molecule has 0 aliphatic heterocycles. The summed E-state index contributed by atoms with van der Waals surface area (Å²) in [6.45, 7) is 0.345. The summed E-state index contributed by atoms with van der Waals surface area (Å²) in [5.74, 6) is 5.75. The SMILES string of the molecule is NNc1ccc(S(=O)(=O)NCCC2CCC2)cc1[N+](=O)[O-]. The molecular weight excluding hydrogens is 296 g/mol. The fraction of sp³-hybridized carbons (Fsp3) is 0.500. The summed E-state index contributed by atoms with van der Waals surface area (Å²) in [6.07, 6.45) is 4.29. The Hall–Kier alpha value is -1.71. The summed E-state index contributed by atoms with van der Waals surface area (Å²) in [7, 11) is -3.74. The van der Waals surface area contributed by atoms with Gasteiger partial charge in [-0.3, -0.25) is 16.0 Å². The van der Waals surface area contributed by atoms with Crippen LogP contribution < -0.4 is 16.0 Å². The summed E-state index contributed by atoms with van der Waals surface area (Å²) in [6, 6.07) is 3.56. The van der Waals surface area contributed by atoms with Gasteiger partial charge in [-0.15, -0.1) is 0 Å². The summed E-state index contributed by atoms with van der Waals surface area (Å²) in [5, 5.41) is 10.9. The Labute approximate surface area is 122 Å². The minimum Gasteiger partial charge on any atom is -0.318 e. The number of nitrogens with one attached hydrogen (secondary N) is 2. The normalized spacial score (nSPS) is 15.5. The predicted octanol–water partition coefficient (Wildman–Crippen LogP) is 1.35. The Bertz CT molecular complexity index is 628. The average Bonchev–Trinajstić information content (AvgIpc) is 2.40. The Morgan fingerprint density at radius 3 is 2.62 bits per heavy atom. The standard InChI is InChI=1S/C12H18N4O4S/c13-15-11-5-4-10(8-12(11)16(17)18)21(19,20)14-7-6-9-2-1-3-9/h4-5,8-9,14-15H,1-3,6-7,13H2. The van der Waals surface area contributed by atoms with Crippen molar-refractivity contribution >= 4 is 21.4 Å². The Morgan fingerprint density at radius 2 is 2.10 bits per heavy atom. The number of hydrogen-bond donors (Lipinski definition) is 3. The van der Waals surface area contributed by atoms with Gasteiger partial charge >= 0.3 is 0 Å². The van der Waals surface area contributed by atoms with Crippen LogP contribution >= 0.6 is 0 Å². The Kier molecular flexibility index (Phi) is 4.76. The lowest BCUT2D eigenvalue weighted by Crippen LogP contribution is -2.27. The van der Waals surface area contributed by atoms with Crippen LogP contribution in [0.1, 0.15) is 25.7 Å². The van der Waals surface area contributed by atoms with Crippen molar-refractivity contribution in [2.24, 2.45) is 11.8 Å². The fourth-order valence-electron chi connectivity index (χ4n) is 2.21. The van der Waals surface area contributed by atoms with Crippen LogP contribution in [-0.4, -0.2) is 19.9 Å². The van der Waals surface area contributed by atoms with Crippen LogP contribution in [0.2, 0.25) is 0 Å². The lowest BCUT2D eigenvalue weighted by Gasteiger charge is -2.25. The summed E-state index contributed by atoms with van der Waals surface area (Å²) in [5.41, 5.74) is 1.86. The van der Waals surface area contributed by atoms with Crippen LogP contribution in [0.15, 0.2) is 23.1 Å². The molecule has 9 heteroatoms. The quantitative estimate of drug-likeness (QED) is 0.396. The highest BCUT2D eigenvalue weighted by atomic mass is 32.2. The van der Waals surface area contributed by atoms with Crippen molar-refractivity contribution in [3.05, 3.63) is 28.3 Å². The second-order valence-corrected chi connectivity index (χ2v) is 6.83. The van der Waals surface area contributed by atoms with Gasteiger partial charge in [0.25, 0.3) is 5.69 Å². The van der Waals surface area contributed by atoms with E-state index in [2.05, 4.69) is 10.1 Å². The number of rotatable bonds is 7. The molecule has 1 aromatic carbocycles. The van der Waals surface area contributed by atoms with E-state index < -0.39 is 14.9 Å². The van der Waals surface area contributed by atoms with Gasteiger partial charge in [-0.05, 0) is 24.5 Å². The van der Waals surface area contributed by atoms with E-state index in [0.29, 0.717) is 12.5 Å². The van der Waals surface area contributed by atoms with Gasteiger partial charge in [0.2, 0.25) is 10.0 Å². The molecule has 8 nitrogen and oxygen atoms in total. The number of sulfonamides is 1. The highest BCUT2D eigenvalue weighted by Gasteiger charge is 2.22. The van der Waals surface area contributed by atoms with Crippen LogP contribution in [0.4, 0.5) is 11.4 Å². The number of hydrogen-bond acceptors (Lipinski definition) is 6. The molecule has 1 aromatic rings. The predicted molar refractivity (Wildman–Crippen MR) is 78.1 cm³/mol. The molecular formula is C12H18N4O4S. The molecule has 0 amide bonds. The van der Waals surface area contributed by atoms with E-state index in [9.17, 15) is 18.5 Å². The summed E-state index contributed by atoms with van der Waals surface area (Å²) >= 11 is 0. The number of nitro groups is 1. The highest BCUT2D eigenvalue weighted by molar-refractivity contribution is 7.89. The maximum absolute atomic E-state index is 12.1. The van der Waals surface area contributed by atoms with Gasteiger partial charge in [-0.25, -0.2) is 13.1 Å². The molecule has 4 N–H and O–H groups in total. The van der Waals surface area contributed by atoms with Crippen molar-refractivity contribution in [1.29, 1.82) is 0 Å². The highest BCUT2D eigenvalue weighted by Crippen LogP contribution is 2.29. The zero-order valence-electron chi connectivity index (χ0n) is 11.4. The molecule has 0 spiro atoms. The first-order valence-corrected chi connectivity index (χ1v) is 8.17. The third-order valence-corrected chi connectivity index (χ3v) is 5.16. The van der Waals surface area contributed by atoms with E-state index in [-0.39, 0.29) is 16.3 Å². The second-order valence-electron chi connectivity index (χ2n) is 5.06. The molecule has 0 heterocycles. The molecule has 1 saturated carbocycles. The zero-order valence-corrected chi connectivity index (χ0v) is 12.2. The fourth-order valence-corrected chi connectivity index (χ4v) is 3.28. The van der Waals surface area contributed by atoms with Crippen LogP contribution in [0.25, 0.3) is 0 Å². The first kappa shape index (κ1) is 15.7. The Morgan fingerprint density at radius 1 is 1.38 bits per heavy atom. The molecule has 0 unspecified atom stereocenters. The molecule has 21 heavy (non-hydrogen) atoms. The van der Waals surface area contributed by atoms with Gasteiger partial charge < -0.3 is 5.43 Å². The number of nitrogens with zero attached hydrogens (tertiary/aromatic N) is 1. The van der Waals surface area contributed by atoms with Crippen molar-refractivity contribution in [2.45, 2.75) is 30.6 Å². The van der Waals surface area contributed by atoms with Crippen LogP contribution in [0.5, 0.6) is 0 Å². The number of nitrogen functional groups attached to an aromatic ring is 1. The van der Waals surface area contributed by atoms with Gasteiger partial charge in [-0.1, -0.05) is 19.3 Å². The maximum Gasteiger partial charge on any atom is 0.294 e. The number of nitrogens with two attached hydrogens (primary N) is 1. The van der Waals surface area contributed by atoms with Gasteiger partial charge in [0, 0.05) is 12.6 Å². The van der Waals surface area contributed by atoms with E-state index in [1.807, 2.05) is 0 Å². The molecule has 0 radical (unpaired) electrons. The summed E-state index contributed by atoms with van der Waals surface area (Å²) in [4.78, 5) is 10.1. The molecule has 0 saturated heterocycles. The number of hydrazine groups is 1. The monoisotopic (exact) mass is 314 g/mol. The van der Waals surface area contributed by atoms with Crippen molar-refractivity contribution in [1.82, 2.24) is 4.72 Å². The van der Waals surface area contributed by atoms with Crippen LogP contribution in [0, 0.1) is 16.0 Å². The van der Waals surface area contributed by atoms with Crippen LogP contribution in [0.3, 0.4) is 0 Å². The first-order valence-electron chi connectivity index (χ1n) is 6.69. The average molecular weight is 314 g/mol. The van der Waals surface area contributed by atoms with E-state index in [4.69, 9.17) is 5.84 Å². The molecule has 0 aromatic heterocycles. The van der Waals surface area contributed by atoms with Gasteiger partial charge in [0.05, 0.1) is 9.82 Å². The van der Waals surface area contributed by atoms with E-state index >= 15 is 0 Å². The lowest BCUT2D eigenvalue weighted by atomic mass is 9.83. The van der Waals surface area contributed by atoms with E-state index in [1.54, 1.807) is 0 Å². The largest absolute Gasteiger partial charge is 0.318 e. The number of anilines is 1. The molecule has 1 fully saturated rings.